The topological polar surface area (TPSA) is 84.8 Å². The lowest BCUT2D eigenvalue weighted by Gasteiger charge is -1.91. The van der Waals surface area contributed by atoms with Crippen LogP contribution in [0, 0.1) is 5.41 Å². The van der Waals surface area contributed by atoms with Crippen molar-refractivity contribution in [3.8, 4) is 0 Å². The Kier molecular flexibility index (Phi) is 2.04. The highest BCUT2D eigenvalue weighted by Gasteiger charge is 2.02. The van der Waals surface area contributed by atoms with E-state index >= 15 is 0 Å². The Morgan fingerprint density at radius 1 is 1.91 bits per heavy atom. The first-order chi connectivity index (χ1) is 5.11. The van der Waals surface area contributed by atoms with Crippen LogP contribution >= 0.6 is 0 Å². The van der Waals surface area contributed by atoms with Gasteiger partial charge in [-0.3, -0.25) is 5.41 Å². The van der Waals surface area contributed by atoms with Gasteiger partial charge in [0.2, 0.25) is 0 Å². The number of nitrogens with zero attached hydrogens (tertiary/aromatic N) is 2. The number of amidine groups is 1. The van der Waals surface area contributed by atoms with Gasteiger partial charge in [-0.1, -0.05) is 0 Å². The van der Waals surface area contributed by atoms with E-state index in [1.165, 1.54) is 16.5 Å². The van der Waals surface area contributed by atoms with E-state index in [0.717, 1.165) is 0 Å². The second kappa shape index (κ2) is 2.83. The highest BCUT2D eigenvalue weighted by atomic mass is 32.2. The molecule has 1 unspecified atom stereocenters. The van der Waals surface area contributed by atoms with E-state index in [2.05, 4.69) is 5.10 Å². The maximum Gasteiger partial charge on any atom is 0.143 e. The lowest BCUT2D eigenvalue weighted by molar-refractivity contribution is 0.675. The summed E-state index contributed by atoms with van der Waals surface area (Å²) in [6.07, 6.45) is 3.02. The molecular formula is C5H8N4OS. The van der Waals surface area contributed by atoms with Gasteiger partial charge in [-0.05, 0) is 6.07 Å². The molecule has 0 aliphatic heterocycles. The third kappa shape index (κ3) is 1.64. The molecular weight excluding hydrogens is 164 g/mol. The molecule has 0 aromatic carbocycles. The average molecular weight is 172 g/mol. The number of nitrogen functional groups attached to an aromatic ring is 1. The van der Waals surface area contributed by atoms with Crippen LogP contribution in [0.25, 0.3) is 0 Å². The summed E-state index contributed by atoms with van der Waals surface area (Å²) in [5.41, 5.74) is 5.48. The molecule has 11 heavy (non-hydrogen) atoms. The maximum atomic E-state index is 10.8. The number of aromatic nitrogens is 2. The maximum absolute atomic E-state index is 10.8. The van der Waals surface area contributed by atoms with E-state index in [9.17, 15) is 4.21 Å². The summed E-state index contributed by atoms with van der Waals surface area (Å²) >= 11 is 0. The van der Waals surface area contributed by atoms with E-state index in [0.29, 0.717) is 5.69 Å². The third-order valence-electron chi connectivity index (χ3n) is 1.11. The molecule has 0 spiro atoms. The Morgan fingerprint density at radius 3 is 2.82 bits per heavy atom. The summed E-state index contributed by atoms with van der Waals surface area (Å²) in [7, 11) is -1.17. The minimum absolute atomic E-state index is 0.116. The van der Waals surface area contributed by atoms with Crippen LogP contribution in [0.2, 0.25) is 0 Å². The third-order valence-corrected chi connectivity index (χ3v) is 1.84. The van der Waals surface area contributed by atoms with Gasteiger partial charge in [0.05, 0.1) is 0 Å². The number of nitrogens with one attached hydrogen (secondary N) is 1. The monoisotopic (exact) mass is 172 g/mol. The van der Waals surface area contributed by atoms with Gasteiger partial charge in [-0.25, -0.2) is 4.21 Å². The Labute approximate surface area is 66.3 Å². The second-order valence-corrected chi connectivity index (χ2v) is 3.16. The van der Waals surface area contributed by atoms with Crippen molar-refractivity contribution in [1.29, 1.82) is 5.41 Å². The normalized spacial score (nSPS) is 12.8. The summed E-state index contributed by atoms with van der Waals surface area (Å²) < 4.78 is 12.0. The van der Waals surface area contributed by atoms with E-state index in [4.69, 9.17) is 11.1 Å². The molecule has 5 nitrogen and oxygen atoms in total. The zero-order valence-electron chi connectivity index (χ0n) is 5.94. The Bertz CT molecular complexity index is 277. The zero-order valence-corrected chi connectivity index (χ0v) is 6.76. The van der Waals surface area contributed by atoms with Gasteiger partial charge < -0.3 is 5.73 Å². The Balaban J connectivity index is 2.99. The lowest BCUT2D eigenvalue weighted by Crippen LogP contribution is -2.13. The number of rotatable bonds is 2. The predicted molar refractivity (Wildman–Crippen MR) is 42.7 cm³/mol. The van der Waals surface area contributed by atoms with Crippen LogP contribution in [0.15, 0.2) is 12.3 Å². The summed E-state index contributed by atoms with van der Waals surface area (Å²) in [5, 5.41) is 10.8. The van der Waals surface area contributed by atoms with Crippen LogP contribution in [-0.2, 0) is 11.0 Å². The minimum atomic E-state index is -1.17. The molecule has 60 valence electrons. The average Bonchev–Trinajstić information content (AvgIpc) is 2.33. The highest BCUT2D eigenvalue weighted by Crippen LogP contribution is 1.94. The van der Waals surface area contributed by atoms with Gasteiger partial charge in [0, 0.05) is 12.5 Å². The van der Waals surface area contributed by atoms with Crippen molar-refractivity contribution in [2.45, 2.75) is 0 Å². The summed E-state index contributed by atoms with van der Waals surface area (Å²) in [4.78, 5) is 0. The zero-order chi connectivity index (χ0) is 8.43. The standard InChI is InChI=1S/C5H8N4OS/c1-11(10)9-3-2-4(8-9)5(6)7/h2-3H,1H3,(H3,6,7). The molecule has 1 aromatic heterocycles. The Hall–Kier alpha value is -1.17. The van der Waals surface area contributed by atoms with Gasteiger partial charge in [0.1, 0.15) is 22.5 Å². The summed E-state index contributed by atoms with van der Waals surface area (Å²) in [6.45, 7) is 0. The fraction of sp³-hybridized carbons (Fsp3) is 0.200. The molecule has 1 aromatic rings. The van der Waals surface area contributed by atoms with E-state index in [-0.39, 0.29) is 5.84 Å². The molecule has 3 N–H and O–H groups in total. The van der Waals surface area contributed by atoms with Crippen molar-refractivity contribution in [3.63, 3.8) is 0 Å². The molecule has 1 rings (SSSR count). The van der Waals surface area contributed by atoms with Crippen molar-refractivity contribution in [1.82, 2.24) is 9.19 Å². The smallest absolute Gasteiger partial charge is 0.143 e. The molecule has 1 atom stereocenters. The fourth-order valence-electron chi connectivity index (χ4n) is 0.594. The van der Waals surface area contributed by atoms with Crippen LogP contribution in [0.5, 0.6) is 0 Å². The van der Waals surface area contributed by atoms with Crippen LogP contribution < -0.4 is 5.73 Å². The van der Waals surface area contributed by atoms with Crippen molar-refractivity contribution in [2.75, 3.05) is 6.26 Å². The minimum Gasteiger partial charge on any atom is -0.382 e. The molecule has 0 saturated heterocycles. The molecule has 0 aliphatic carbocycles. The van der Waals surface area contributed by atoms with Gasteiger partial charge in [0.25, 0.3) is 0 Å². The number of nitrogens with two attached hydrogens (primary N) is 1. The first-order valence-electron chi connectivity index (χ1n) is 2.85. The van der Waals surface area contributed by atoms with Crippen LogP contribution in [0.4, 0.5) is 0 Å². The van der Waals surface area contributed by atoms with Crippen LogP contribution in [0.1, 0.15) is 5.69 Å². The molecule has 6 heteroatoms. The van der Waals surface area contributed by atoms with Gasteiger partial charge in [-0.2, -0.15) is 9.19 Å². The van der Waals surface area contributed by atoms with Crippen molar-refractivity contribution in [2.24, 2.45) is 5.73 Å². The first kappa shape index (κ1) is 7.93. The molecule has 0 radical (unpaired) electrons. The first-order valence-corrected chi connectivity index (χ1v) is 4.36. The van der Waals surface area contributed by atoms with E-state index in [1.54, 1.807) is 6.07 Å². The molecule has 0 aliphatic rings. The summed E-state index contributed by atoms with van der Waals surface area (Å²) in [5.74, 6) is -0.116. The van der Waals surface area contributed by atoms with Crippen LogP contribution in [0.3, 0.4) is 0 Å². The van der Waals surface area contributed by atoms with E-state index < -0.39 is 11.0 Å². The second-order valence-electron chi connectivity index (χ2n) is 1.94. The van der Waals surface area contributed by atoms with Gasteiger partial charge in [-0.15, -0.1) is 0 Å². The molecule has 0 amide bonds. The molecule has 0 bridgehead atoms. The predicted octanol–water partition coefficient (Wildman–Crippen LogP) is -0.691. The molecule has 0 fully saturated rings. The van der Waals surface area contributed by atoms with Gasteiger partial charge >= 0.3 is 0 Å². The largest absolute Gasteiger partial charge is 0.382 e. The van der Waals surface area contributed by atoms with Gasteiger partial charge in [0.15, 0.2) is 0 Å². The Morgan fingerprint density at radius 2 is 2.55 bits per heavy atom. The fourth-order valence-corrected chi connectivity index (χ4v) is 1.03. The molecule has 1 heterocycles. The van der Waals surface area contributed by atoms with Crippen molar-refractivity contribution in [3.05, 3.63) is 18.0 Å². The van der Waals surface area contributed by atoms with E-state index in [1.807, 2.05) is 0 Å². The lowest BCUT2D eigenvalue weighted by atomic mass is 10.4. The SMILES string of the molecule is CS(=O)n1ccc(C(=N)N)n1. The highest BCUT2D eigenvalue weighted by molar-refractivity contribution is 7.82. The quantitative estimate of drug-likeness (QED) is 0.457. The number of hydrogen-bond donors (Lipinski definition) is 2. The number of hydrogen-bond acceptors (Lipinski definition) is 3. The molecule has 0 saturated carbocycles. The van der Waals surface area contributed by atoms with Crippen molar-refractivity contribution >= 4 is 16.8 Å². The summed E-state index contributed by atoms with van der Waals surface area (Å²) in [6, 6.07) is 1.55. The van der Waals surface area contributed by atoms with Crippen molar-refractivity contribution < 1.29 is 4.21 Å². The van der Waals surface area contributed by atoms with Crippen LogP contribution in [-0.4, -0.2) is 25.5 Å².